The first-order valence-electron chi connectivity index (χ1n) is 16.3. The van der Waals surface area contributed by atoms with Gasteiger partial charge in [-0.25, -0.2) is 15.0 Å². The maximum absolute atomic E-state index is 8.76. The van der Waals surface area contributed by atoms with E-state index >= 15 is 0 Å². The highest BCUT2D eigenvalue weighted by atomic mass is 16.3. The number of benzene rings is 6. The summed E-state index contributed by atoms with van der Waals surface area (Å²) in [5.74, 6) is 1.69. The second kappa shape index (κ2) is 9.75. The topological polar surface area (TPSA) is 56.7 Å². The summed E-state index contributed by atoms with van der Waals surface area (Å²) < 4.78 is 42.3. The Morgan fingerprint density at radius 1 is 0.477 bits per heavy atom. The van der Waals surface area contributed by atoms with Gasteiger partial charge in [0.1, 0.15) is 11.2 Å². The number of para-hydroxylation sites is 2. The van der Waals surface area contributed by atoms with E-state index in [4.69, 9.17) is 24.9 Å². The first-order valence-corrected chi connectivity index (χ1v) is 14.3. The molecular weight excluding hydrogens is 540 g/mol. The van der Waals surface area contributed by atoms with Crippen LogP contribution in [-0.4, -0.2) is 19.5 Å². The lowest BCUT2D eigenvalue weighted by molar-refractivity contribution is 0.668. The molecule has 6 aromatic carbocycles. The second-order valence-corrected chi connectivity index (χ2v) is 10.6. The number of furan rings is 1. The van der Waals surface area contributed by atoms with Crippen LogP contribution in [0.25, 0.3) is 83.6 Å². The third-order valence-corrected chi connectivity index (χ3v) is 7.96. The minimum atomic E-state index is 0.177. The van der Waals surface area contributed by atoms with Gasteiger partial charge in [0.25, 0.3) is 0 Å². The molecule has 0 bridgehead atoms. The van der Waals surface area contributed by atoms with Gasteiger partial charge in [-0.2, -0.15) is 0 Å². The molecular formula is C39H24N4O. The SMILES string of the molecule is [2H]c1cc([2H])c2c(c1)c1cc([2H])cc([2H])c1n2-c1ccc2c(c1)oc1cc(-c3nc(-c4ccccc4)nc(-c4ccccc4)n3)ccc12. The summed E-state index contributed by atoms with van der Waals surface area (Å²) in [6.07, 6.45) is 0. The van der Waals surface area contributed by atoms with Crippen molar-refractivity contribution >= 4 is 43.7 Å². The number of hydrogen-bond donors (Lipinski definition) is 0. The van der Waals surface area contributed by atoms with Gasteiger partial charge in [-0.1, -0.05) is 103 Å². The van der Waals surface area contributed by atoms with Crippen LogP contribution in [0.5, 0.6) is 0 Å². The molecule has 3 aromatic heterocycles. The molecule has 0 amide bonds. The van der Waals surface area contributed by atoms with Crippen molar-refractivity contribution in [3.63, 3.8) is 0 Å². The van der Waals surface area contributed by atoms with Gasteiger partial charge in [-0.3, -0.25) is 0 Å². The lowest BCUT2D eigenvalue weighted by atomic mass is 10.1. The van der Waals surface area contributed by atoms with Gasteiger partial charge in [-0.05, 0) is 36.4 Å². The van der Waals surface area contributed by atoms with Gasteiger partial charge < -0.3 is 8.98 Å². The largest absolute Gasteiger partial charge is 0.456 e. The Labute approximate surface area is 258 Å². The number of fused-ring (bicyclic) bond motifs is 6. The normalized spacial score (nSPS) is 12.9. The molecule has 0 aliphatic heterocycles. The predicted octanol–water partition coefficient (Wildman–Crippen LogP) is 9.87. The van der Waals surface area contributed by atoms with Crippen molar-refractivity contribution in [1.29, 1.82) is 0 Å². The van der Waals surface area contributed by atoms with Gasteiger partial charge in [-0.15, -0.1) is 0 Å². The van der Waals surface area contributed by atoms with Crippen molar-refractivity contribution in [1.82, 2.24) is 19.5 Å². The molecule has 0 atom stereocenters. The summed E-state index contributed by atoms with van der Waals surface area (Å²) in [6, 6.07) is 38.7. The van der Waals surface area contributed by atoms with Crippen LogP contribution in [0.4, 0.5) is 0 Å². The van der Waals surface area contributed by atoms with E-state index in [0.29, 0.717) is 50.4 Å². The van der Waals surface area contributed by atoms with Crippen LogP contribution in [0.1, 0.15) is 5.48 Å². The molecule has 44 heavy (non-hydrogen) atoms. The fourth-order valence-electron chi connectivity index (χ4n) is 5.89. The van der Waals surface area contributed by atoms with E-state index in [1.807, 2.05) is 102 Å². The molecule has 0 saturated heterocycles. The van der Waals surface area contributed by atoms with Crippen LogP contribution in [-0.2, 0) is 0 Å². The van der Waals surface area contributed by atoms with Crippen LogP contribution >= 0.6 is 0 Å². The molecule has 0 saturated carbocycles. The Morgan fingerprint density at radius 2 is 1.00 bits per heavy atom. The maximum Gasteiger partial charge on any atom is 0.164 e. The van der Waals surface area contributed by atoms with Gasteiger partial charge in [0, 0.05) is 50.0 Å². The monoisotopic (exact) mass is 568 g/mol. The Balaban J connectivity index is 1.21. The summed E-state index contributed by atoms with van der Waals surface area (Å²) in [4.78, 5) is 14.5. The highest BCUT2D eigenvalue weighted by Gasteiger charge is 2.16. The Kier molecular flexibility index (Phi) is 4.60. The van der Waals surface area contributed by atoms with Crippen LogP contribution < -0.4 is 0 Å². The van der Waals surface area contributed by atoms with Crippen molar-refractivity contribution < 1.29 is 9.90 Å². The zero-order valence-corrected chi connectivity index (χ0v) is 23.2. The smallest absolute Gasteiger partial charge is 0.164 e. The van der Waals surface area contributed by atoms with Gasteiger partial charge in [0.2, 0.25) is 0 Å². The standard InChI is InChI=1S/C39H24N4O/c1-3-11-25(12-4-1)37-40-38(26-13-5-2-6-14-26)42-39(41-37)27-19-21-31-32-22-20-28(24-36(32)44-35(31)23-27)43-33-17-9-7-15-29(33)30-16-8-10-18-34(30)43/h1-24H/i7D,8D,17D,18D. The quantitative estimate of drug-likeness (QED) is 0.212. The maximum atomic E-state index is 8.76. The van der Waals surface area contributed by atoms with Gasteiger partial charge in [0.05, 0.1) is 16.5 Å². The Bertz CT molecular complexity index is 2600. The number of nitrogens with zero attached hydrogens (tertiary/aromatic N) is 4. The lowest BCUT2D eigenvalue weighted by Crippen LogP contribution is -2.00. The van der Waals surface area contributed by atoms with E-state index < -0.39 is 0 Å². The van der Waals surface area contributed by atoms with Crippen LogP contribution in [0.3, 0.4) is 0 Å². The third kappa shape index (κ3) is 3.91. The minimum absolute atomic E-state index is 0.177. The van der Waals surface area contributed by atoms with Crippen molar-refractivity contribution in [3.8, 4) is 39.9 Å². The first-order chi connectivity index (χ1) is 23.4. The summed E-state index contributed by atoms with van der Waals surface area (Å²) in [5.41, 5.74) is 5.77. The van der Waals surface area contributed by atoms with Crippen molar-refractivity contribution in [3.05, 3.63) is 145 Å². The summed E-state index contributed by atoms with van der Waals surface area (Å²) in [5, 5.41) is 3.19. The molecule has 0 radical (unpaired) electrons. The molecule has 0 unspecified atom stereocenters. The van der Waals surface area contributed by atoms with E-state index in [9.17, 15) is 0 Å². The van der Waals surface area contributed by atoms with Crippen LogP contribution in [0.2, 0.25) is 0 Å². The zero-order chi connectivity index (χ0) is 32.5. The summed E-state index contributed by atoms with van der Waals surface area (Å²) in [7, 11) is 0. The van der Waals surface area contributed by atoms with E-state index in [-0.39, 0.29) is 24.2 Å². The van der Waals surface area contributed by atoms with Crippen LogP contribution in [0.15, 0.2) is 150 Å². The Morgan fingerprint density at radius 3 is 1.59 bits per heavy atom. The van der Waals surface area contributed by atoms with Gasteiger partial charge >= 0.3 is 0 Å². The molecule has 0 aliphatic rings. The fraction of sp³-hybridized carbons (Fsp3) is 0. The second-order valence-electron chi connectivity index (χ2n) is 10.6. The molecule has 0 fully saturated rings. The third-order valence-electron chi connectivity index (χ3n) is 7.96. The van der Waals surface area contributed by atoms with Crippen molar-refractivity contribution in [2.24, 2.45) is 0 Å². The lowest BCUT2D eigenvalue weighted by Gasteiger charge is -2.08. The fourth-order valence-corrected chi connectivity index (χ4v) is 5.89. The predicted molar refractivity (Wildman–Crippen MR) is 178 cm³/mol. The zero-order valence-electron chi connectivity index (χ0n) is 27.2. The molecule has 0 aliphatic carbocycles. The molecule has 0 N–H and O–H groups in total. The van der Waals surface area contributed by atoms with E-state index in [1.165, 1.54) is 12.1 Å². The first kappa shape index (κ1) is 20.8. The number of hydrogen-bond acceptors (Lipinski definition) is 4. The summed E-state index contributed by atoms with van der Waals surface area (Å²) in [6.45, 7) is 0. The van der Waals surface area contributed by atoms with Crippen LogP contribution in [0, 0.1) is 0 Å². The molecule has 9 rings (SSSR count). The van der Waals surface area contributed by atoms with Crippen molar-refractivity contribution in [2.75, 3.05) is 0 Å². The average molecular weight is 569 g/mol. The highest BCUT2D eigenvalue weighted by molar-refractivity contribution is 6.10. The summed E-state index contributed by atoms with van der Waals surface area (Å²) >= 11 is 0. The minimum Gasteiger partial charge on any atom is -0.456 e. The molecule has 206 valence electrons. The molecule has 5 heteroatoms. The average Bonchev–Trinajstić information content (AvgIpc) is 3.64. The molecule has 3 heterocycles. The van der Waals surface area contributed by atoms with E-state index in [2.05, 4.69) is 0 Å². The highest BCUT2D eigenvalue weighted by Crippen LogP contribution is 2.36. The van der Waals surface area contributed by atoms with Crippen molar-refractivity contribution in [2.45, 2.75) is 0 Å². The van der Waals surface area contributed by atoms with E-state index in [0.717, 1.165) is 33.2 Å². The molecule has 5 nitrogen and oxygen atoms in total. The Hall–Kier alpha value is -6.07. The number of rotatable bonds is 4. The van der Waals surface area contributed by atoms with Gasteiger partial charge in [0.15, 0.2) is 17.5 Å². The number of aromatic nitrogens is 4. The van der Waals surface area contributed by atoms with E-state index in [1.54, 1.807) is 12.1 Å². The molecule has 0 spiro atoms. The molecule has 9 aromatic rings.